The summed E-state index contributed by atoms with van der Waals surface area (Å²) in [4.78, 5) is 2.42. The summed E-state index contributed by atoms with van der Waals surface area (Å²) in [6.45, 7) is 2.84. The highest BCUT2D eigenvalue weighted by molar-refractivity contribution is 5.29. The second-order valence-electron chi connectivity index (χ2n) is 5.70. The Kier molecular flexibility index (Phi) is 4.33. The van der Waals surface area contributed by atoms with Gasteiger partial charge in [-0.3, -0.25) is 4.90 Å². The molecule has 0 spiro atoms. The molecule has 1 heterocycles. The summed E-state index contributed by atoms with van der Waals surface area (Å²) in [5.41, 5.74) is 4.01. The zero-order valence-electron chi connectivity index (χ0n) is 12.2. The molecule has 0 N–H and O–H groups in total. The Hall–Kier alpha value is -2.11. The first-order valence-electron chi connectivity index (χ1n) is 7.60. The minimum atomic E-state index is -0.0449. The van der Waals surface area contributed by atoms with Gasteiger partial charge < -0.3 is 0 Å². The molecule has 1 atom stereocenters. The summed E-state index contributed by atoms with van der Waals surface area (Å²) < 4.78 is 0. The predicted molar refractivity (Wildman–Crippen MR) is 84.8 cm³/mol. The second kappa shape index (κ2) is 6.56. The Balaban J connectivity index is 1.74. The van der Waals surface area contributed by atoms with E-state index in [9.17, 15) is 5.26 Å². The molecule has 0 aliphatic carbocycles. The van der Waals surface area contributed by atoms with Crippen LogP contribution >= 0.6 is 0 Å². The zero-order valence-corrected chi connectivity index (χ0v) is 12.2. The van der Waals surface area contributed by atoms with E-state index in [0.717, 1.165) is 31.6 Å². The summed E-state index contributed by atoms with van der Waals surface area (Å²) >= 11 is 0. The van der Waals surface area contributed by atoms with Crippen LogP contribution in [0.1, 0.15) is 29.0 Å². The van der Waals surface area contributed by atoms with Crippen LogP contribution in [0.2, 0.25) is 0 Å². The van der Waals surface area contributed by atoms with Gasteiger partial charge in [-0.05, 0) is 36.1 Å². The van der Waals surface area contributed by atoms with Gasteiger partial charge in [0.1, 0.15) is 0 Å². The van der Waals surface area contributed by atoms with Crippen molar-refractivity contribution in [3.63, 3.8) is 0 Å². The molecule has 21 heavy (non-hydrogen) atoms. The highest BCUT2D eigenvalue weighted by Gasteiger charge is 2.19. The number of aryl methyl sites for hydroxylation is 1. The van der Waals surface area contributed by atoms with E-state index in [4.69, 9.17) is 0 Å². The van der Waals surface area contributed by atoms with Gasteiger partial charge in [0, 0.05) is 13.1 Å². The molecule has 2 aromatic carbocycles. The Morgan fingerprint density at radius 2 is 1.71 bits per heavy atom. The lowest BCUT2D eigenvalue weighted by Gasteiger charge is -2.23. The molecule has 0 fully saturated rings. The van der Waals surface area contributed by atoms with Crippen LogP contribution in [0.15, 0.2) is 54.6 Å². The summed E-state index contributed by atoms with van der Waals surface area (Å²) in [5, 5.41) is 9.50. The molecule has 0 aromatic heterocycles. The van der Waals surface area contributed by atoms with Gasteiger partial charge in [0.25, 0.3) is 0 Å². The first-order valence-corrected chi connectivity index (χ1v) is 7.60. The summed E-state index contributed by atoms with van der Waals surface area (Å²) in [6, 6.07) is 21.3. The molecule has 1 unspecified atom stereocenters. The highest BCUT2D eigenvalue weighted by Crippen LogP contribution is 2.22. The monoisotopic (exact) mass is 276 g/mol. The van der Waals surface area contributed by atoms with Crippen LogP contribution in [0.25, 0.3) is 0 Å². The molecule has 1 aliphatic heterocycles. The van der Waals surface area contributed by atoms with E-state index in [1.54, 1.807) is 0 Å². The zero-order chi connectivity index (χ0) is 14.5. The van der Waals surface area contributed by atoms with Crippen LogP contribution < -0.4 is 0 Å². The van der Waals surface area contributed by atoms with Gasteiger partial charge in [-0.25, -0.2) is 0 Å². The Bertz CT molecular complexity index is 628. The van der Waals surface area contributed by atoms with Crippen molar-refractivity contribution >= 4 is 0 Å². The van der Waals surface area contributed by atoms with E-state index in [-0.39, 0.29) is 5.92 Å². The first-order chi connectivity index (χ1) is 10.4. The van der Waals surface area contributed by atoms with Crippen LogP contribution in [0, 0.1) is 11.3 Å². The third-order valence-electron chi connectivity index (χ3n) is 4.23. The molecular formula is C19H20N2. The van der Waals surface area contributed by atoms with Crippen molar-refractivity contribution in [3.05, 3.63) is 71.3 Å². The van der Waals surface area contributed by atoms with Crippen molar-refractivity contribution in [2.75, 3.05) is 13.1 Å². The van der Waals surface area contributed by atoms with Crippen LogP contribution in [0.3, 0.4) is 0 Å². The fourth-order valence-electron chi connectivity index (χ4n) is 3.09. The summed E-state index contributed by atoms with van der Waals surface area (Å²) in [6.07, 6.45) is 2.32. The molecule has 0 saturated carbocycles. The topological polar surface area (TPSA) is 27.0 Å². The molecule has 3 rings (SSSR count). The van der Waals surface area contributed by atoms with E-state index in [1.807, 2.05) is 18.2 Å². The quantitative estimate of drug-likeness (QED) is 0.854. The van der Waals surface area contributed by atoms with E-state index in [0.29, 0.717) is 0 Å². The minimum absolute atomic E-state index is 0.0449. The first kappa shape index (κ1) is 13.9. The molecule has 2 heteroatoms. The molecule has 2 nitrogen and oxygen atoms in total. The minimum Gasteiger partial charge on any atom is -0.297 e. The number of benzene rings is 2. The molecule has 0 bridgehead atoms. The van der Waals surface area contributed by atoms with Gasteiger partial charge in [-0.1, -0.05) is 54.6 Å². The van der Waals surface area contributed by atoms with E-state index >= 15 is 0 Å². The maximum absolute atomic E-state index is 9.50. The van der Waals surface area contributed by atoms with Crippen LogP contribution in [-0.4, -0.2) is 18.0 Å². The fourth-order valence-corrected chi connectivity index (χ4v) is 3.09. The lowest BCUT2D eigenvalue weighted by Crippen LogP contribution is -2.28. The van der Waals surface area contributed by atoms with Crippen LogP contribution in [0.4, 0.5) is 0 Å². The predicted octanol–water partition coefficient (Wildman–Crippen LogP) is 3.74. The average Bonchev–Trinajstić information content (AvgIpc) is 2.75. The number of nitrogens with zero attached hydrogens (tertiary/aromatic N) is 2. The van der Waals surface area contributed by atoms with Crippen molar-refractivity contribution in [2.24, 2.45) is 0 Å². The molecule has 0 amide bonds. The molecule has 106 valence electrons. The van der Waals surface area contributed by atoms with Gasteiger partial charge in [0.15, 0.2) is 0 Å². The third kappa shape index (κ3) is 3.32. The van der Waals surface area contributed by atoms with E-state index in [2.05, 4.69) is 47.4 Å². The van der Waals surface area contributed by atoms with Gasteiger partial charge in [-0.15, -0.1) is 0 Å². The lowest BCUT2D eigenvalue weighted by atomic mass is 10.00. The van der Waals surface area contributed by atoms with Crippen molar-refractivity contribution in [2.45, 2.75) is 25.3 Å². The third-order valence-corrected chi connectivity index (χ3v) is 4.23. The highest BCUT2D eigenvalue weighted by atomic mass is 15.1. The molecular weight excluding hydrogens is 256 g/mol. The summed E-state index contributed by atoms with van der Waals surface area (Å²) in [7, 11) is 0. The van der Waals surface area contributed by atoms with Crippen molar-refractivity contribution in [1.29, 1.82) is 5.26 Å². The normalized spacial score (nSPS) is 16.5. The Labute approximate surface area is 126 Å². The van der Waals surface area contributed by atoms with Gasteiger partial charge >= 0.3 is 0 Å². The molecule has 1 aliphatic rings. The summed E-state index contributed by atoms with van der Waals surface area (Å²) in [5.74, 6) is -0.0449. The van der Waals surface area contributed by atoms with Crippen LogP contribution in [0.5, 0.6) is 0 Å². The number of nitriles is 1. The standard InChI is InChI=1S/C19H20N2/c20-13-19(17-7-2-1-3-8-17)15-21-12-6-11-16-9-4-5-10-18(16)14-21/h1-5,7-10,19H,6,11-12,14-15H2. The molecule has 2 aromatic rings. The number of fused-ring (bicyclic) bond motifs is 1. The molecule has 0 saturated heterocycles. The van der Waals surface area contributed by atoms with Crippen molar-refractivity contribution < 1.29 is 0 Å². The van der Waals surface area contributed by atoms with Crippen molar-refractivity contribution in [1.82, 2.24) is 4.90 Å². The Morgan fingerprint density at radius 1 is 1.00 bits per heavy atom. The van der Waals surface area contributed by atoms with Gasteiger partial charge in [0.2, 0.25) is 0 Å². The number of rotatable bonds is 3. The maximum Gasteiger partial charge on any atom is 0.0839 e. The fraction of sp³-hybridized carbons (Fsp3) is 0.316. The van der Waals surface area contributed by atoms with Gasteiger partial charge in [-0.2, -0.15) is 5.26 Å². The SMILES string of the molecule is N#CC(CN1CCCc2ccccc2C1)c1ccccc1. The Morgan fingerprint density at radius 3 is 2.48 bits per heavy atom. The number of hydrogen-bond acceptors (Lipinski definition) is 2. The largest absolute Gasteiger partial charge is 0.297 e. The average molecular weight is 276 g/mol. The molecule has 0 radical (unpaired) electrons. The van der Waals surface area contributed by atoms with Gasteiger partial charge in [0.05, 0.1) is 12.0 Å². The van der Waals surface area contributed by atoms with E-state index in [1.165, 1.54) is 17.5 Å². The number of hydrogen-bond donors (Lipinski definition) is 0. The van der Waals surface area contributed by atoms with Crippen LogP contribution in [-0.2, 0) is 13.0 Å². The lowest BCUT2D eigenvalue weighted by molar-refractivity contribution is 0.264. The van der Waals surface area contributed by atoms with E-state index < -0.39 is 0 Å². The van der Waals surface area contributed by atoms with Crippen molar-refractivity contribution in [3.8, 4) is 6.07 Å². The smallest absolute Gasteiger partial charge is 0.0839 e. The second-order valence-corrected chi connectivity index (χ2v) is 5.70. The maximum atomic E-state index is 9.50.